The number of hydrogen-bond acceptors (Lipinski definition) is 8. The summed E-state index contributed by atoms with van der Waals surface area (Å²) >= 11 is 0. The molecule has 32 heavy (non-hydrogen) atoms. The number of nitrogens with two attached hydrogens (primary N) is 3. The molecule has 0 aliphatic carbocycles. The van der Waals surface area contributed by atoms with Crippen molar-refractivity contribution in [1.82, 2.24) is 16.0 Å². The summed E-state index contributed by atoms with van der Waals surface area (Å²) in [5.41, 5.74) is 16.0. The Morgan fingerprint density at radius 1 is 0.844 bits per heavy atom. The number of carbonyl (C=O) groups is 6. The lowest BCUT2D eigenvalue weighted by atomic mass is 10.1. The molecule has 4 unspecified atom stereocenters. The van der Waals surface area contributed by atoms with E-state index in [2.05, 4.69) is 16.0 Å². The number of primary amides is 1. The number of hydrogen-bond donors (Lipinski definition) is 8. The lowest BCUT2D eigenvalue weighted by molar-refractivity contribution is -0.142. The van der Waals surface area contributed by atoms with E-state index in [9.17, 15) is 28.8 Å². The van der Waals surface area contributed by atoms with Gasteiger partial charge < -0.3 is 43.4 Å². The van der Waals surface area contributed by atoms with Gasteiger partial charge in [-0.25, -0.2) is 0 Å². The van der Waals surface area contributed by atoms with Crippen LogP contribution >= 0.6 is 0 Å². The van der Waals surface area contributed by atoms with Crippen molar-refractivity contribution >= 4 is 35.6 Å². The molecule has 0 saturated heterocycles. The van der Waals surface area contributed by atoms with Crippen LogP contribution in [-0.4, -0.2) is 76.5 Å². The van der Waals surface area contributed by atoms with E-state index in [4.69, 9.17) is 27.4 Å². The average Bonchev–Trinajstić information content (AvgIpc) is 2.69. The van der Waals surface area contributed by atoms with Crippen molar-refractivity contribution in [2.24, 2.45) is 17.2 Å². The molecule has 14 nitrogen and oxygen atoms in total. The number of nitrogens with one attached hydrogen (secondary N) is 3. The Kier molecular flexibility index (Phi) is 13.2. The van der Waals surface area contributed by atoms with Crippen LogP contribution in [-0.2, 0) is 28.8 Å². The van der Waals surface area contributed by atoms with Gasteiger partial charge in [-0.2, -0.15) is 0 Å². The van der Waals surface area contributed by atoms with Gasteiger partial charge in [-0.1, -0.05) is 0 Å². The number of carboxylic acids is 2. The minimum atomic E-state index is -1.37. The number of rotatable bonds is 16. The molecule has 182 valence electrons. The molecule has 0 bridgehead atoms. The first-order chi connectivity index (χ1) is 14.9. The van der Waals surface area contributed by atoms with Gasteiger partial charge in [0.15, 0.2) is 0 Å². The van der Waals surface area contributed by atoms with E-state index >= 15 is 0 Å². The monoisotopic (exact) mass is 460 g/mol. The molecule has 14 heteroatoms. The summed E-state index contributed by atoms with van der Waals surface area (Å²) in [6.45, 7) is 1.53. The number of amides is 4. The first-order valence-electron chi connectivity index (χ1n) is 9.98. The molecule has 0 aromatic heterocycles. The highest BCUT2D eigenvalue weighted by molar-refractivity contribution is 5.95. The molecule has 4 atom stereocenters. The average molecular weight is 460 g/mol. The minimum absolute atomic E-state index is 0.122. The number of unbranched alkanes of at least 4 members (excludes halogenated alkanes) is 1. The summed E-state index contributed by atoms with van der Waals surface area (Å²) < 4.78 is 0. The van der Waals surface area contributed by atoms with Gasteiger partial charge in [0.05, 0.1) is 12.5 Å². The van der Waals surface area contributed by atoms with Crippen LogP contribution in [0.25, 0.3) is 0 Å². The molecule has 0 aromatic rings. The molecule has 0 aliphatic heterocycles. The van der Waals surface area contributed by atoms with E-state index in [0.29, 0.717) is 19.4 Å². The fourth-order valence-electron chi connectivity index (χ4n) is 2.53. The van der Waals surface area contributed by atoms with Crippen LogP contribution in [0.2, 0.25) is 0 Å². The smallest absolute Gasteiger partial charge is 0.325 e. The summed E-state index contributed by atoms with van der Waals surface area (Å²) in [7, 11) is 0. The maximum atomic E-state index is 12.8. The Balaban J connectivity index is 5.41. The second kappa shape index (κ2) is 14.7. The molecule has 0 aliphatic rings. The zero-order valence-corrected chi connectivity index (χ0v) is 17.8. The second-order valence-electron chi connectivity index (χ2n) is 7.18. The molecule has 0 heterocycles. The van der Waals surface area contributed by atoms with Crippen molar-refractivity contribution in [1.29, 1.82) is 0 Å². The SMILES string of the molecule is CC(NC(=O)C(CCC(=O)O)NC(=O)C(CCCCN)NC(=O)C(N)CC(N)=O)C(=O)O. The predicted molar refractivity (Wildman–Crippen MR) is 111 cm³/mol. The van der Waals surface area contributed by atoms with E-state index in [1.54, 1.807) is 0 Å². The van der Waals surface area contributed by atoms with Gasteiger partial charge in [0.25, 0.3) is 0 Å². The summed E-state index contributed by atoms with van der Waals surface area (Å²) in [5, 5.41) is 24.7. The fraction of sp³-hybridized carbons (Fsp3) is 0.667. The van der Waals surface area contributed by atoms with E-state index in [1.165, 1.54) is 6.92 Å². The largest absolute Gasteiger partial charge is 0.481 e. The van der Waals surface area contributed by atoms with Crippen molar-refractivity contribution in [3.63, 3.8) is 0 Å². The molecule has 4 amide bonds. The van der Waals surface area contributed by atoms with E-state index < -0.39 is 72.6 Å². The maximum absolute atomic E-state index is 12.8. The van der Waals surface area contributed by atoms with Crippen molar-refractivity contribution in [3.05, 3.63) is 0 Å². The molecular weight excluding hydrogens is 428 g/mol. The van der Waals surface area contributed by atoms with Gasteiger partial charge >= 0.3 is 11.9 Å². The highest BCUT2D eigenvalue weighted by Crippen LogP contribution is 2.05. The maximum Gasteiger partial charge on any atom is 0.325 e. The number of aliphatic carboxylic acids is 2. The first-order valence-corrected chi connectivity index (χ1v) is 9.98. The molecule has 0 spiro atoms. The Hall–Kier alpha value is -3.26. The molecule has 0 fully saturated rings. The molecule has 0 saturated carbocycles. The topological polar surface area (TPSA) is 257 Å². The Morgan fingerprint density at radius 3 is 1.88 bits per heavy atom. The number of carbonyl (C=O) groups excluding carboxylic acids is 4. The Labute approximate surface area is 184 Å². The highest BCUT2D eigenvalue weighted by Gasteiger charge is 2.29. The van der Waals surface area contributed by atoms with Crippen LogP contribution in [0.4, 0.5) is 0 Å². The summed E-state index contributed by atoms with van der Waals surface area (Å²) in [4.78, 5) is 70.2. The van der Waals surface area contributed by atoms with Crippen LogP contribution in [0.1, 0.15) is 45.4 Å². The Bertz CT molecular complexity index is 701. The third-order valence-corrected chi connectivity index (χ3v) is 4.35. The van der Waals surface area contributed by atoms with Gasteiger partial charge in [-0.05, 0) is 39.2 Å². The van der Waals surface area contributed by atoms with Crippen molar-refractivity contribution in [3.8, 4) is 0 Å². The third kappa shape index (κ3) is 11.8. The van der Waals surface area contributed by atoms with E-state index in [0.717, 1.165) is 0 Å². The zero-order valence-electron chi connectivity index (χ0n) is 17.8. The van der Waals surface area contributed by atoms with Crippen LogP contribution in [0, 0.1) is 0 Å². The Morgan fingerprint density at radius 2 is 1.38 bits per heavy atom. The van der Waals surface area contributed by atoms with Crippen LogP contribution in [0.3, 0.4) is 0 Å². The first kappa shape index (κ1) is 28.7. The van der Waals surface area contributed by atoms with E-state index in [1.807, 2.05) is 0 Å². The molecule has 0 rings (SSSR count). The van der Waals surface area contributed by atoms with Crippen molar-refractivity contribution in [2.75, 3.05) is 6.54 Å². The van der Waals surface area contributed by atoms with E-state index in [-0.39, 0.29) is 12.8 Å². The normalized spacial score (nSPS) is 14.3. The minimum Gasteiger partial charge on any atom is -0.481 e. The summed E-state index contributed by atoms with van der Waals surface area (Å²) in [6, 6.07) is -5.10. The fourth-order valence-corrected chi connectivity index (χ4v) is 2.53. The van der Waals surface area contributed by atoms with Gasteiger partial charge in [0, 0.05) is 6.42 Å². The van der Waals surface area contributed by atoms with Gasteiger partial charge in [0.1, 0.15) is 18.1 Å². The van der Waals surface area contributed by atoms with Crippen LogP contribution < -0.4 is 33.2 Å². The van der Waals surface area contributed by atoms with Crippen molar-refractivity contribution in [2.45, 2.75) is 69.6 Å². The predicted octanol–water partition coefficient (Wildman–Crippen LogP) is -3.26. The molecular formula is C18H32N6O8. The standard InChI is InChI=1S/C18H32N6O8/c1-9(18(31)32)22-16(29)12(5-6-14(26)27)24-17(30)11(4-2-3-7-19)23-15(28)10(20)8-13(21)25/h9-12H,2-8,19-20H2,1H3,(H2,21,25)(H,22,29)(H,23,28)(H,24,30)(H,26,27)(H,31,32). The molecule has 0 aromatic carbocycles. The molecule has 11 N–H and O–H groups in total. The van der Waals surface area contributed by atoms with Crippen LogP contribution in [0.15, 0.2) is 0 Å². The van der Waals surface area contributed by atoms with Gasteiger partial charge in [0.2, 0.25) is 23.6 Å². The molecule has 0 radical (unpaired) electrons. The lowest BCUT2D eigenvalue weighted by Crippen LogP contribution is -2.57. The lowest BCUT2D eigenvalue weighted by Gasteiger charge is -2.24. The summed E-state index contributed by atoms with van der Waals surface area (Å²) in [5.74, 6) is -5.88. The highest BCUT2D eigenvalue weighted by atomic mass is 16.4. The zero-order chi connectivity index (χ0) is 24.8. The number of carboxylic acid groups (broad SMARTS) is 2. The van der Waals surface area contributed by atoms with Crippen molar-refractivity contribution < 1.29 is 39.0 Å². The quantitative estimate of drug-likeness (QED) is 0.107. The van der Waals surface area contributed by atoms with Gasteiger partial charge in [-0.3, -0.25) is 28.8 Å². The van der Waals surface area contributed by atoms with Crippen LogP contribution in [0.5, 0.6) is 0 Å². The summed E-state index contributed by atoms with van der Waals surface area (Å²) in [6.07, 6.45) is -0.151. The third-order valence-electron chi connectivity index (χ3n) is 4.35. The second-order valence-corrected chi connectivity index (χ2v) is 7.18. The van der Waals surface area contributed by atoms with Gasteiger partial charge in [-0.15, -0.1) is 0 Å².